The van der Waals surface area contributed by atoms with Crippen molar-refractivity contribution in [2.45, 2.75) is 45.8 Å². The summed E-state index contributed by atoms with van der Waals surface area (Å²) < 4.78 is 11.0. The quantitative estimate of drug-likeness (QED) is 0.387. The number of ether oxygens (including phenoxy) is 2. The molecule has 6 heteroatoms. The van der Waals surface area contributed by atoms with Crippen LogP contribution < -0.4 is 0 Å². The number of hydrogen-bond acceptors (Lipinski definition) is 6. The van der Waals surface area contributed by atoms with Crippen LogP contribution in [0.2, 0.25) is 0 Å². The van der Waals surface area contributed by atoms with Crippen molar-refractivity contribution in [3.05, 3.63) is 12.8 Å². The summed E-state index contributed by atoms with van der Waals surface area (Å²) in [5.74, 6) is 0. The van der Waals surface area contributed by atoms with Crippen molar-refractivity contribution in [3.63, 3.8) is 0 Å². The molecular weight excluding hydrogens is 308 g/mol. The van der Waals surface area contributed by atoms with E-state index in [1.807, 2.05) is 11.8 Å². The van der Waals surface area contributed by atoms with Crippen molar-refractivity contribution in [1.29, 1.82) is 0 Å². The molecule has 0 radical (unpaired) electrons. The Morgan fingerprint density at radius 2 is 1.38 bits per heavy atom. The van der Waals surface area contributed by atoms with Gasteiger partial charge < -0.3 is 29.5 Å². The molecule has 24 heavy (non-hydrogen) atoms. The van der Waals surface area contributed by atoms with Crippen LogP contribution >= 0.6 is 0 Å². The zero-order valence-electron chi connectivity index (χ0n) is 15.8. The molecule has 0 saturated carbocycles. The fourth-order valence-corrected chi connectivity index (χ4v) is 2.34. The molecule has 0 aliphatic carbocycles. The third kappa shape index (κ3) is 12.7. The highest BCUT2D eigenvalue weighted by Crippen LogP contribution is 1.98. The summed E-state index contributed by atoms with van der Waals surface area (Å²) >= 11 is 0. The van der Waals surface area contributed by atoms with E-state index < -0.39 is 12.2 Å². The molecule has 0 spiro atoms. The van der Waals surface area contributed by atoms with E-state index in [4.69, 9.17) is 9.47 Å². The topological polar surface area (TPSA) is 65.4 Å². The molecule has 0 aromatic carbocycles. The second-order valence-corrected chi connectivity index (χ2v) is 5.92. The van der Waals surface area contributed by atoms with Crippen molar-refractivity contribution < 1.29 is 19.7 Å². The van der Waals surface area contributed by atoms with Crippen molar-refractivity contribution in [2.24, 2.45) is 0 Å². The molecule has 2 N–H and O–H groups in total. The van der Waals surface area contributed by atoms with Crippen LogP contribution in [0.3, 0.4) is 0 Å². The summed E-state index contributed by atoms with van der Waals surface area (Å²) in [4.78, 5) is 4.13. The summed E-state index contributed by atoms with van der Waals surface area (Å²) in [6.45, 7) is 15.8. The Kier molecular flexibility index (Phi) is 15.4. The van der Waals surface area contributed by atoms with Crippen LogP contribution in [0.25, 0.3) is 0 Å². The number of hydrogen-bond donors (Lipinski definition) is 2. The molecular formula is C18H38N2O4. The Labute approximate surface area is 148 Å². The average molecular weight is 347 g/mol. The molecule has 0 fully saturated rings. The standard InChI is InChI=1S/C18H38N2O4/c1-5-19(6-2)13-17(21)15-23-11-9-10-12-24-16-18(22)14-20(7-3)8-4/h5,17-18,21-22H,1,6-16H2,2-4H3. The Balaban J connectivity index is 3.46. The van der Waals surface area contributed by atoms with Crippen molar-refractivity contribution in [1.82, 2.24) is 9.80 Å². The van der Waals surface area contributed by atoms with Gasteiger partial charge >= 0.3 is 0 Å². The lowest BCUT2D eigenvalue weighted by Gasteiger charge is -2.21. The molecule has 0 heterocycles. The molecule has 0 amide bonds. The monoisotopic (exact) mass is 346 g/mol. The molecule has 2 unspecified atom stereocenters. The Hall–Kier alpha value is -0.660. The predicted molar refractivity (Wildman–Crippen MR) is 98.1 cm³/mol. The van der Waals surface area contributed by atoms with E-state index in [1.165, 1.54) is 0 Å². The van der Waals surface area contributed by atoms with Crippen LogP contribution in [0.4, 0.5) is 0 Å². The van der Waals surface area contributed by atoms with Crippen LogP contribution in [0.15, 0.2) is 12.8 Å². The van der Waals surface area contributed by atoms with Crippen molar-refractivity contribution >= 4 is 0 Å². The maximum absolute atomic E-state index is 9.87. The van der Waals surface area contributed by atoms with Gasteiger partial charge in [-0.3, -0.25) is 0 Å². The van der Waals surface area contributed by atoms with E-state index in [-0.39, 0.29) is 0 Å². The van der Waals surface area contributed by atoms with Crippen LogP contribution in [0, 0.1) is 0 Å². The highest BCUT2D eigenvalue weighted by atomic mass is 16.5. The van der Waals surface area contributed by atoms with E-state index in [0.717, 1.165) is 32.5 Å². The molecule has 0 aliphatic heterocycles. The number of unbranched alkanes of at least 4 members (excludes halogenated alkanes) is 1. The second kappa shape index (κ2) is 15.8. The lowest BCUT2D eigenvalue weighted by molar-refractivity contribution is 0.00797. The van der Waals surface area contributed by atoms with E-state index in [2.05, 4.69) is 25.3 Å². The largest absolute Gasteiger partial charge is 0.389 e. The SMILES string of the molecule is C=CN(CC)CC(O)COCCCCOCC(O)CN(CC)CC. The molecule has 0 rings (SSSR count). The van der Waals surface area contributed by atoms with Gasteiger partial charge in [-0.25, -0.2) is 0 Å². The van der Waals surface area contributed by atoms with Crippen LogP contribution in [0.5, 0.6) is 0 Å². The van der Waals surface area contributed by atoms with Gasteiger partial charge in [0.05, 0.1) is 25.4 Å². The molecule has 0 bridgehead atoms. The van der Waals surface area contributed by atoms with Gasteiger partial charge in [0, 0.05) is 32.8 Å². The van der Waals surface area contributed by atoms with Gasteiger partial charge in [-0.2, -0.15) is 0 Å². The fraction of sp³-hybridized carbons (Fsp3) is 0.889. The minimum absolute atomic E-state index is 0.341. The Morgan fingerprint density at radius 1 is 0.875 bits per heavy atom. The lowest BCUT2D eigenvalue weighted by Crippen LogP contribution is -2.34. The number of aliphatic hydroxyl groups is 2. The summed E-state index contributed by atoms with van der Waals surface area (Å²) in [7, 11) is 0. The van der Waals surface area contributed by atoms with E-state index in [1.54, 1.807) is 6.20 Å². The smallest absolute Gasteiger partial charge is 0.0947 e. The minimum Gasteiger partial charge on any atom is -0.389 e. The highest BCUT2D eigenvalue weighted by molar-refractivity contribution is 4.72. The first-order chi connectivity index (χ1) is 11.6. The summed E-state index contributed by atoms with van der Waals surface area (Å²) in [6, 6.07) is 0. The van der Waals surface area contributed by atoms with Crippen LogP contribution in [-0.4, -0.2) is 91.4 Å². The van der Waals surface area contributed by atoms with Gasteiger partial charge in [0.1, 0.15) is 0 Å². The van der Waals surface area contributed by atoms with E-state index in [0.29, 0.717) is 39.5 Å². The van der Waals surface area contributed by atoms with Gasteiger partial charge in [0.2, 0.25) is 0 Å². The molecule has 144 valence electrons. The molecule has 0 aromatic rings. The molecule has 0 aliphatic rings. The molecule has 0 aromatic heterocycles. The lowest BCUT2D eigenvalue weighted by atomic mass is 10.3. The van der Waals surface area contributed by atoms with Crippen molar-refractivity contribution in [3.8, 4) is 0 Å². The predicted octanol–water partition coefficient (Wildman–Crippen LogP) is 1.33. The molecule has 6 nitrogen and oxygen atoms in total. The average Bonchev–Trinajstić information content (AvgIpc) is 2.59. The normalized spacial score (nSPS) is 13.9. The number of aliphatic hydroxyl groups excluding tert-OH is 2. The van der Waals surface area contributed by atoms with Gasteiger partial charge in [0.25, 0.3) is 0 Å². The zero-order chi connectivity index (χ0) is 18.2. The van der Waals surface area contributed by atoms with E-state index in [9.17, 15) is 10.2 Å². The Bertz CT molecular complexity index is 288. The van der Waals surface area contributed by atoms with Gasteiger partial charge in [0.15, 0.2) is 0 Å². The number of nitrogens with zero attached hydrogens (tertiary/aromatic N) is 2. The maximum Gasteiger partial charge on any atom is 0.0947 e. The maximum atomic E-state index is 9.87. The summed E-state index contributed by atoms with van der Waals surface area (Å²) in [5, 5.41) is 19.7. The fourth-order valence-electron chi connectivity index (χ4n) is 2.34. The summed E-state index contributed by atoms with van der Waals surface area (Å²) in [5.41, 5.74) is 0. The van der Waals surface area contributed by atoms with Gasteiger partial charge in [-0.05, 0) is 39.1 Å². The van der Waals surface area contributed by atoms with Gasteiger partial charge in [-0.15, -0.1) is 0 Å². The summed E-state index contributed by atoms with van der Waals surface area (Å²) in [6.07, 6.45) is 2.59. The Morgan fingerprint density at radius 3 is 1.79 bits per heavy atom. The molecule has 2 atom stereocenters. The van der Waals surface area contributed by atoms with Gasteiger partial charge in [-0.1, -0.05) is 20.4 Å². The number of rotatable bonds is 17. The first kappa shape index (κ1) is 23.3. The first-order valence-corrected chi connectivity index (χ1v) is 9.17. The minimum atomic E-state index is -0.491. The second-order valence-electron chi connectivity index (χ2n) is 5.92. The third-order valence-corrected chi connectivity index (χ3v) is 3.92. The zero-order valence-corrected chi connectivity index (χ0v) is 15.8. The van der Waals surface area contributed by atoms with E-state index >= 15 is 0 Å². The third-order valence-electron chi connectivity index (χ3n) is 3.92. The number of likely N-dealkylation sites (N-methyl/N-ethyl adjacent to an activating group) is 2. The highest BCUT2D eigenvalue weighted by Gasteiger charge is 2.09. The van der Waals surface area contributed by atoms with Crippen molar-refractivity contribution in [2.75, 3.05) is 59.2 Å². The van der Waals surface area contributed by atoms with Crippen LogP contribution in [-0.2, 0) is 9.47 Å². The first-order valence-electron chi connectivity index (χ1n) is 9.17. The molecule has 0 saturated heterocycles. The van der Waals surface area contributed by atoms with Crippen LogP contribution in [0.1, 0.15) is 33.6 Å².